The third-order valence-electron chi connectivity index (χ3n) is 2.18. The van der Waals surface area contributed by atoms with Crippen LogP contribution in [0.2, 0.25) is 5.02 Å². The van der Waals surface area contributed by atoms with Gasteiger partial charge in [0.2, 0.25) is 0 Å². The van der Waals surface area contributed by atoms with Gasteiger partial charge >= 0.3 is 6.03 Å². The first-order valence-electron chi connectivity index (χ1n) is 5.95. The molecule has 0 radical (unpaired) electrons. The predicted molar refractivity (Wildman–Crippen MR) is 72.8 cm³/mol. The van der Waals surface area contributed by atoms with E-state index in [0.29, 0.717) is 24.7 Å². The Hall–Kier alpha value is -1.26. The normalized spacial score (nSPS) is 10.4. The molecular weight excluding hydrogens is 252 g/mol. The van der Waals surface area contributed by atoms with Gasteiger partial charge in [-0.3, -0.25) is 0 Å². The lowest BCUT2D eigenvalue weighted by Gasteiger charge is -2.10. The highest BCUT2D eigenvalue weighted by atomic mass is 35.5. The van der Waals surface area contributed by atoms with Crippen molar-refractivity contribution < 1.29 is 9.53 Å². The molecule has 0 heterocycles. The van der Waals surface area contributed by atoms with Gasteiger partial charge in [0.15, 0.2) is 0 Å². The van der Waals surface area contributed by atoms with Gasteiger partial charge < -0.3 is 15.4 Å². The summed E-state index contributed by atoms with van der Waals surface area (Å²) < 4.78 is 5.31. The highest BCUT2D eigenvalue weighted by molar-refractivity contribution is 6.30. The van der Waals surface area contributed by atoms with Crippen LogP contribution in [0.25, 0.3) is 0 Å². The molecule has 4 nitrogen and oxygen atoms in total. The first kappa shape index (κ1) is 14.8. The first-order chi connectivity index (χ1) is 8.58. The van der Waals surface area contributed by atoms with Crippen LogP contribution in [0, 0.1) is 0 Å². The van der Waals surface area contributed by atoms with Crippen molar-refractivity contribution >= 4 is 17.6 Å². The molecule has 1 aromatic carbocycles. The van der Waals surface area contributed by atoms with E-state index < -0.39 is 0 Å². The van der Waals surface area contributed by atoms with E-state index in [1.165, 1.54) is 0 Å². The number of hydrogen-bond donors (Lipinski definition) is 2. The Kier molecular flexibility index (Phi) is 6.54. The summed E-state index contributed by atoms with van der Waals surface area (Å²) >= 11 is 5.85. The number of rotatable bonds is 6. The molecule has 1 aromatic rings. The van der Waals surface area contributed by atoms with Crippen LogP contribution in [0.4, 0.5) is 4.79 Å². The number of carbonyl (C=O) groups is 1. The largest absolute Gasteiger partial charge is 0.377 e. The van der Waals surface area contributed by atoms with E-state index in [-0.39, 0.29) is 12.1 Å². The highest BCUT2D eigenvalue weighted by Crippen LogP contribution is 2.09. The number of carbonyl (C=O) groups excluding carboxylic acids is 1. The predicted octanol–water partition coefficient (Wildman–Crippen LogP) is 2.56. The van der Waals surface area contributed by atoms with Gasteiger partial charge in [0.25, 0.3) is 0 Å². The maximum absolute atomic E-state index is 11.4. The van der Waals surface area contributed by atoms with Gasteiger partial charge in [0, 0.05) is 18.1 Å². The topological polar surface area (TPSA) is 50.4 Å². The summed E-state index contributed by atoms with van der Waals surface area (Å²) in [6, 6.07) is 7.18. The molecule has 5 heteroatoms. The molecular formula is C13H19ClN2O2. The summed E-state index contributed by atoms with van der Waals surface area (Å²) in [6.45, 7) is 5.39. The Morgan fingerprint density at radius 3 is 2.83 bits per heavy atom. The summed E-state index contributed by atoms with van der Waals surface area (Å²) in [5.41, 5.74) is 0.969. The third-order valence-corrected chi connectivity index (χ3v) is 2.42. The number of nitrogens with one attached hydrogen (secondary N) is 2. The van der Waals surface area contributed by atoms with E-state index in [1.807, 2.05) is 32.0 Å². The van der Waals surface area contributed by atoms with E-state index in [2.05, 4.69) is 10.6 Å². The molecule has 0 bridgehead atoms. The maximum atomic E-state index is 11.4. The van der Waals surface area contributed by atoms with Crippen molar-refractivity contribution in [3.05, 3.63) is 34.9 Å². The number of ether oxygens (including phenoxy) is 1. The van der Waals surface area contributed by atoms with Crippen molar-refractivity contribution in [2.24, 2.45) is 0 Å². The van der Waals surface area contributed by atoms with Crippen LogP contribution in [0.5, 0.6) is 0 Å². The Morgan fingerprint density at radius 1 is 1.39 bits per heavy atom. The Bertz CT molecular complexity index is 383. The first-order valence-corrected chi connectivity index (χ1v) is 6.33. The van der Waals surface area contributed by atoms with Gasteiger partial charge in [-0.1, -0.05) is 23.7 Å². The van der Waals surface area contributed by atoms with Crippen molar-refractivity contribution in [1.82, 2.24) is 10.6 Å². The summed E-state index contributed by atoms with van der Waals surface area (Å²) in [5, 5.41) is 6.13. The van der Waals surface area contributed by atoms with Gasteiger partial charge in [0.05, 0.1) is 12.7 Å². The van der Waals surface area contributed by atoms with E-state index in [4.69, 9.17) is 16.3 Å². The average molecular weight is 271 g/mol. The molecule has 2 N–H and O–H groups in total. The fourth-order valence-electron chi connectivity index (χ4n) is 1.35. The standard InChI is InChI=1S/C13H19ClN2O2/c1-10(2)18-7-6-15-13(17)16-9-11-4-3-5-12(14)8-11/h3-5,8,10H,6-7,9H2,1-2H3,(H2,15,16,17). The van der Waals surface area contributed by atoms with Crippen LogP contribution < -0.4 is 10.6 Å². The van der Waals surface area contributed by atoms with Crippen LogP contribution in [-0.4, -0.2) is 25.3 Å². The lowest BCUT2D eigenvalue weighted by molar-refractivity contribution is 0.0817. The average Bonchev–Trinajstić information content (AvgIpc) is 2.32. The summed E-state index contributed by atoms with van der Waals surface area (Å²) in [6.07, 6.45) is 0.182. The fourth-order valence-corrected chi connectivity index (χ4v) is 1.56. The SMILES string of the molecule is CC(C)OCCNC(=O)NCc1cccc(Cl)c1. The zero-order chi connectivity index (χ0) is 13.4. The number of hydrogen-bond acceptors (Lipinski definition) is 2. The number of halogens is 1. The molecule has 0 aromatic heterocycles. The molecule has 0 aliphatic rings. The Labute approximate surface area is 113 Å². The van der Waals surface area contributed by atoms with Crippen molar-refractivity contribution in [2.45, 2.75) is 26.5 Å². The van der Waals surface area contributed by atoms with Crippen molar-refractivity contribution in [1.29, 1.82) is 0 Å². The molecule has 0 spiro atoms. The van der Waals surface area contributed by atoms with Crippen molar-refractivity contribution in [3.8, 4) is 0 Å². The second kappa shape index (κ2) is 7.95. The lowest BCUT2D eigenvalue weighted by Crippen LogP contribution is -2.37. The van der Waals surface area contributed by atoms with E-state index in [1.54, 1.807) is 6.07 Å². The quantitative estimate of drug-likeness (QED) is 0.781. The third kappa shape index (κ3) is 6.47. The molecule has 2 amide bonds. The lowest BCUT2D eigenvalue weighted by atomic mass is 10.2. The minimum atomic E-state index is -0.206. The molecule has 100 valence electrons. The smallest absolute Gasteiger partial charge is 0.315 e. The molecule has 0 aliphatic carbocycles. The minimum Gasteiger partial charge on any atom is -0.377 e. The van der Waals surface area contributed by atoms with Gasteiger partial charge in [0.1, 0.15) is 0 Å². The fraction of sp³-hybridized carbons (Fsp3) is 0.462. The molecule has 0 unspecified atom stereocenters. The molecule has 1 rings (SSSR count). The molecule has 0 aliphatic heterocycles. The minimum absolute atomic E-state index is 0.182. The summed E-state index contributed by atoms with van der Waals surface area (Å²) in [7, 11) is 0. The number of benzene rings is 1. The van der Waals surface area contributed by atoms with Gasteiger partial charge in [-0.2, -0.15) is 0 Å². The van der Waals surface area contributed by atoms with E-state index in [9.17, 15) is 4.79 Å². The summed E-state index contributed by atoms with van der Waals surface area (Å²) in [4.78, 5) is 11.4. The van der Waals surface area contributed by atoms with Gasteiger partial charge in [-0.15, -0.1) is 0 Å². The molecule has 0 fully saturated rings. The zero-order valence-electron chi connectivity index (χ0n) is 10.7. The van der Waals surface area contributed by atoms with Crippen LogP contribution in [-0.2, 0) is 11.3 Å². The van der Waals surface area contributed by atoms with Crippen LogP contribution in [0.3, 0.4) is 0 Å². The Morgan fingerprint density at radius 2 is 2.17 bits per heavy atom. The van der Waals surface area contributed by atoms with Crippen LogP contribution in [0.15, 0.2) is 24.3 Å². The van der Waals surface area contributed by atoms with Gasteiger partial charge in [-0.25, -0.2) is 4.79 Å². The molecule has 0 atom stereocenters. The van der Waals surface area contributed by atoms with E-state index in [0.717, 1.165) is 5.56 Å². The molecule has 18 heavy (non-hydrogen) atoms. The Balaban J connectivity index is 2.17. The number of urea groups is 1. The van der Waals surface area contributed by atoms with Crippen molar-refractivity contribution in [2.75, 3.05) is 13.2 Å². The highest BCUT2D eigenvalue weighted by Gasteiger charge is 2.00. The van der Waals surface area contributed by atoms with Crippen molar-refractivity contribution in [3.63, 3.8) is 0 Å². The monoisotopic (exact) mass is 270 g/mol. The number of amides is 2. The second-order valence-corrected chi connectivity index (χ2v) is 4.60. The second-order valence-electron chi connectivity index (χ2n) is 4.16. The van der Waals surface area contributed by atoms with Gasteiger partial charge in [-0.05, 0) is 31.5 Å². The molecule has 0 saturated carbocycles. The zero-order valence-corrected chi connectivity index (χ0v) is 11.5. The van der Waals surface area contributed by atoms with E-state index >= 15 is 0 Å². The molecule has 0 saturated heterocycles. The van der Waals surface area contributed by atoms with Crippen LogP contribution >= 0.6 is 11.6 Å². The maximum Gasteiger partial charge on any atom is 0.315 e. The summed E-state index contributed by atoms with van der Waals surface area (Å²) in [5.74, 6) is 0. The van der Waals surface area contributed by atoms with Crippen LogP contribution in [0.1, 0.15) is 19.4 Å².